The van der Waals surface area contributed by atoms with Crippen LogP contribution in [-0.2, 0) is 9.59 Å². The number of anilines is 1. The van der Waals surface area contributed by atoms with E-state index >= 15 is 0 Å². The highest BCUT2D eigenvalue weighted by Gasteiger charge is 2.26. The molecular formula is C14H18N2O3S. The van der Waals surface area contributed by atoms with Crippen molar-refractivity contribution in [2.75, 3.05) is 30.8 Å². The van der Waals surface area contributed by atoms with E-state index in [9.17, 15) is 9.59 Å². The first-order valence-corrected chi connectivity index (χ1v) is 7.44. The van der Waals surface area contributed by atoms with Gasteiger partial charge in [-0.25, -0.2) is 0 Å². The summed E-state index contributed by atoms with van der Waals surface area (Å²) in [5.74, 6) is -0.121. The zero-order valence-electron chi connectivity index (χ0n) is 11.6. The fraction of sp³-hybridized carbons (Fsp3) is 0.429. The Kier molecular flexibility index (Phi) is 4.67. The van der Waals surface area contributed by atoms with Gasteiger partial charge in [-0.05, 0) is 26.1 Å². The molecule has 0 aromatic heterocycles. The highest BCUT2D eigenvalue weighted by molar-refractivity contribution is 7.99. The SMILES string of the molecule is CC(C(=O)O)N(C)CC(=O)N1CCSc2ccccc21. The fourth-order valence-corrected chi connectivity index (χ4v) is 3.05. The number of carboxylic acids is 1. The van der Waals surface area contributed by atoms with Crippen LogP contribution in [0.5, 0.6) is 0 Å². The smallest absolute Gasteiger partial charge is 0.320 e. The second-order valence-corrected chi connectivity index (χ2v) is 5.93. The average molecular weight is 294 g/mol. The van der Waals surface area contributed by atoms with E-state index in [2.05, 4.69) is 0 Å². The van der Waals surface area contributed by atoms with Gasteiger partial charge < -0.3 is 10.0 Å². The molecule has 1 aliphatic rings. The molecule has 0 bridgehead atoms. The van der Waals surface area contributed by atoms with Crippen molar-refractivity contribution in [3.8, 4) is 0 Å². The lowest BCUT2D eigenvalue weighted by molar-refractivity contribution is -0.142. The molecule has 0 radical (unpaired) electrons. The van der Waals surface area contributed by atoms with Gasteiger partial charge in [-0.2, -0.15) is 0 Å². The van der Waals surface area contributed by atoms with Crippen molar-refractivity contribution in [1.82, 2.24) is 4.90 Å². The number of thioether (sulfide) groups is 1. The van der Waals surface area contributed by atoms with Crippen LogP contribution >= 0.6 is 11.8 Å². The normalized spacial score (nSPS) is 15.8. The lowest BCUT2D eigenvalue weighted by Gasteiger charge is -2.31. The second-order valence-electron chi connectivity index (χ2n) is 4.79. The summed E-state index contributed by atoms with van der Waals surface area (Å²) in [6, 6.07) is 7.13. The van der Waals surface area contributed by atoms with Crippen LogP contribution < -0.4 is 4.90 Å². The number of hydrogen-bond donors (Lipinski definition) is 1. The molecule has 1 aromatic rings. The Labute approximate surface area is 122 Å². The van der Waals surface area contributed by atoms with E-state index in [1.807, 2.05) is 24.3 Å². The van der Waals surface area contributed by atoms with Crippen molar-refractivity contribution in [3.05, 3.63) is 24.3 Å². The van der Waals surface area contributed by atoms with E-state index in [4.69, 9.17) is 5.11 Å². The van der Waals surface area contributed by atoms with Gasteiger partial charge in [0.25, 0.3) is 0 Å². The molecule has 2 rings (SSSR count). The van der Waals surface area contributed by atoms with Crippen LogP contribution in [0.4, 0.5) is 5.69 Å². The Morgan fingerprint density at radius 2 is 2.15 bits per heavy atom. The van der Waals surface area contributed by atoms with E-state index in [0.717, 1.165) is 16.3 Å². The molecule has 5 nitrogen and oxygen atoms in total. The minimum absolute atomic E-state index is 0.0617. The van der Waals surface area contributed by atoms with Crippen LogP contribution in [0, 0.1) is 0 Å². The monoisotopic (exact) mass is 294 g/mol. The molecule has 6 heteroatoms. The largest absolute Gasteiger partial charge is 0.480 e. The molecular weight excluding hydrogens is 276 g/mol. The van der Waals surface area contributed by atoms with Gasteiger partial charge in [0, 0.05) is 17.2 Å². The lowest BCUT2D eigenvalue weighted by atomic mass is 10.2. The number of hydrogen-bond acceptors (Lipinski definition) is 4. The molecule has 1 N–H and O–H groups in total. The third kappa shape index (κ3) is 3.13. The second kappa shape index (κ2) is 6.28. The quantitative estimate of drug-likeness (QED) is 0.912. The summed E-state index contributed by atoms with van der Waals surface area (Å²) in [5.41, 5.74) is 0.921. The maximum Gasteiger partial charge on any atom is 0.320 e. The Morgan fingerprint density at radius 3 is 2.85 bits per heavy atom. The molecule has 0 spiro atoms. The van der Waals surface area contributed by atoms with Crippen molar-refractivity contribution in [2.24, 2.45) is 0 Å². The minimum atomic E-state index is -0.921. The highest BCUT2D eigenvalue weighted by atomic mass is 32.2. The van der Waals surface area contributed by atoms with E-state index in [-0.39, 0.29) is 12.5 Å². The van der Waals surface area contributed by atoms with Gasteiger partial charge in [0.05, 0.1) is 12.2 Å². The third-order valence-electron chi connectivity index (χ3n) is 3.43. The van der Waals surface area contributed by atoms with Gasteiger partial charge in [0.2, 0.25) is 5.91 Å². The molecule has 0 saturated carbocycles. The van der Waals surface area contributed by atoms with Crippen LogP contribution in [0.3, 0.4) is 0 Å². The summed E-state index contributed by atoms with van der Waals surface area (Å²) >= 11 is 1.74. The number of amides is 1. The van der Waals surface area contributed by atoms with E-state index < -0.39 is 12.0 Å². The summed E-state index contributed by atoms with van der Waals surface area (Å²) in [5, 5.41) is 8.96. The van der Waals surface area contributed by atoms with Crippen molar-refractivity contribution in [2.45, 2.75) is 17.9 Å². The maximum atomic E-state index is 12.4. The van der Waals surface area contributed by atoms with Gasteiger partial charge in [0.15, 0.2) is 0 Å². The zero-order chi connectivity index (χ0) is 14.7. The van der Waals surface area contributed by atoms with Gasteiger partial charge in [0.1, 0.15) is 6.04 Å². The Hall–Kier alpha value is -1.53. The summed E-state index contributed by atoms with van der Waals surface area (Å²) in [6.45, 7) is 2.35. The minimum Gasteiger partial charge on any atom is -0.480 e. The molecule has 1 heterocycles. The standard InChI is InChI=1S/C14H18N2O3S/c1-10(14(18)19)15(2)9-13(17)16-7-8-20-12-6-4-3-5-11(12)16/h3-6,10H,7-9H2,1-2H3,(H,18,19). The number of benzene rings is 1. The van der Waals surface area contributed by atoms with Crippen LogP contribution in [0.2, 0.25) is 0 Å². The van der Waals surface area contributed by atoms with Gasteiger partial charge in [-0.3, -0.25) is 14.5 Å². The van der Waals surface area contributed by atoms with Crippen LogP contribution in [0.1, 0.15) is 6.92 Å². The molecule has 1 unspecified atom stereocenters. The summed E-state index contributed by atoms with van der Waals surface area (Å²) in [7, 11) is 1.65. The molecule has 0 saturated heterocycles. The van der Waals surface area contributed by atoms with Crippen molar-refractivity contribution in [1.29, 1.82) is 0 Å². The predicted octanol–water partition coefficient (Wildman–Crippen LogP) is 1.53. The van der Waals surface area contributed by atoms with Crippen molar-refractivity contribution >= 4 is 29.3 Å². The number of fused-ring (bicyclic) bond motifs is 1. The van der Waals surface area contributed by atoms with Crippen LogP contribution in [0.15, 0.2) is 29.2 Å². The number of aliphatic carboxylic acids is 1. The van der Waals surface area contributed by atoms with Gasteiger partial charge in [-0.1, -0.05) is 12.1 Å². The van der Waals surface area contributed by atoms with E-state index in [1.165, 1.54) is 0 Å². The summed E-state index contributed by atoms with van der Waals surface area (Å²) < 4.78 is 0. The number of carbonyl (C=O) groups is 2. The Morgan fingerprint density at radius 1 is 1.45 bits per heavy atom. The average Bonchev–Trinajstić information content (AvgIpc) is 2.45. The fourth-order valence-electron chi connectivity index (χ4n) is 2.05. The summed E-state index contributed by atoms with van der Waals surface area (Å²) in [4.78, 5) is 27.7. The topological polar surface area (TPSA) is 60.9 Å². The molecule has 1 atom stereocenters. The van der Waals surface area contributed by atoms with E-state index in [0.29, 0.717) is 6.54 Å². The zero-order valence-corrected chi connectivity index (χ0v) is 12.4. The Balaban J connectivity index is 2.09. The first-order chi connectivity index (χ1) is 9.50. The molecule has 108 valence electrons. The number of likely N-dealkylation sites (N-methyl/N-ethyl adjacent to an activating group) is 1. The highest BCUT2D eigenvalue weighted by Crippen LogP contribution is 2.34. The van der Waals surface area contributed by atoms with Gasteiger partial charge in [-0.15, -0.1) is 11.8 Å². The Bertz CT molecular complexity index is 521. The summed E-state index contributed by atoms with van der Waals surface area (Å²) in [6.07, 6.45) is 0. The molecule has 1 aliphatic heterocycles. The molecule has 0 fully saturated rings. The number of nitrogens with zero attached hydrogens (tertiary/aromatic N) is 2. The van der Waals surface area contributed by atoms with Crippen LogP contribution in [-0.4, -0.2) is 53.8 Å². The number of carboxylic acid groups (broad SMARTS) is 1. The first-order valence-electron chi connectivity index (χ1n) is 6.46. The molecule has 1 amide bonds. The number of carbonyl (C=O) groups excluding carboxylic acids is 1. The number of para-hydroxylation sites is 1. The molecule has 0 aliphatic carbocycles. The van der Waals surface area contributed by atoms with Crippen molar-refractivity contribution in [3.63, 3.8) is 0 Å². The van der Waals surface area contributed by atoms with Crippen LogP contribution in [0.25, 0.3) is 0 Å². The third-order valence-corrected chi connectivity index (χ3v) is 4.48. The number of rotatable bonds is 4. The molecule has 1 aromatic carbocycles. The first kappa shape index (κ1) is 14.9. The predicted molar refractivity (Wildman–Crippen MR) is 79.2 cm³/mol. The maximum absolute atomic E-state index is 12.4. The molecule has 20 heavy (non-hydrogen) atoms. The van der Waals surface area contributed by atoms with Gasteiger partial charge >= 0.3 is 5.97 Å². The van der Waals surface area contributed by atoms with Crippen molar-refractivity contribution < 1.29 is 14.7 Å². The van der Waals surface area contributed by atoms with E-state index in [1.54, 1.807) is 35.5 Å². The lowest BCUT2D eigenvalue weighted by Crippen LogP contribution is -2.46.